The first-order chi connectivity index (χ1) is 8.12. The fourth-order valence-corrected chi connectivity index (χ4v) is 2.12. The van der Waals surface area contributed by atoms with Crippen LogP contribution < -0.4 is 11.1 Å². The molecule has 1 heterocycles. The Balaban J connectivity index is 1.64. The lowest BCUT2D eigenvalue weighted by Crippen LogP contribution is -2.44. The van der Waals surface area contributed by atoms with E-state index in [2.05, 4.69) is 5.32 Å². The second-order valence-corrected chi connectivity index (χ2v) is 5.10. The number of piperidine rings is 1. The van der Waals surface area contributed by atoms with Gasteiger partial charge >= 0.3 is 0 Å². The minimum absolute atomic E-state index is 0.107. The Hall–Kier alpha value is -1.10. The van der Waals surface area contributed by atoms with E-state index >= 15 is 0 Å². The first kappa shape index (κ1) is 12.4. The summed E-state index contributed by atoms with van der Waals surface area (Å²) in [7, 11) is 0. The Labute approximate surface area is 102 Å². The summed E-state index contributed by atoms with van der Waals surface area (Å²) in [5.74, 6) is 0.0378. The van der Waals surface area contributed by atoms with Crippen molar-refractivity contribution in [3.05, 3.63) is 0 Å². The molecule has 0 radical (unpaired) electrons. The summed E-state index contributed by atoms with van der Waals surface area (Å²) in [6.45, 7) is 2.15. The van der Waals surface area contributed by atoms with Crippen molar-refractivity contribution in [2.24, 2.45) is 5.73 Å². The fourth-order valence-electron chi connectivity index (χ4n) is 2.12. The van der Waals surface area contributed by atoms with Gasteiger partial charge in [0.05, 0.1) is 5.54 Å². The van der Waals surface area contributed by atoms with Gasteiger partial charge in [-0.25, -0.2) is 0 Å². The van der Waals surface area contributed by atoms with E-state index in [0.717, 1.165) is 38.8 Å². The number of nitrogens with zero attached hydrogens (tertiary/aromatic N) is 1. The number of carbonyl (C=O) groups is 2. The highest BCUT2D eigenvalue weighted by Crippen LogP contribution is 2.31. The molecule has 0 bridgehead atoms. The lowest BCUT2D eigenvalue weighted by Gasteiger charge is -2.26. The fraction of sp³-hybridized carbons (Fsp3) is 0.833. The molecule has 1 saturated carbocycles. The van der Waals surface area contributed by atoms with Crippen molar-refractivity contribution in [3.63, 3.8) is 0 Å². The second kappa shape index (κ2) is 5.04. The van der Waals surface area contributed by atoms with Crippen molar-refractivity contribution >= 4 is 11.8 Å². The van der Waals surface area contributed by atoms with Crippen LogP contribution in [0.15, 0.2) is 0 Å². The minimum Gasteiger partial charge on any atom is -0.354 e. The lowest BCUT2D eigenvalue weighted by molar-refractivity contribution is -0.132. The highest BCUT2D eigenvalue weighted by atomic mass is 16.2. The molecule has 2 aliphatic rings. The van der Waals surface area contributed by atoms with Crippen LogP contribution in [-0.4, -0.2) is 41.9 Å². The average Bonchev–Trinajstić information content (AvgIpc) is 3.09. The van der Waals surface area contributed by atoms with Crippen molar-refractivity contribution in [1.82, 2.24) is 10.2 Å². The smallest absolute Gasteiger partial charge is 0.240 e. The predicted octanol–water partition coefficient (Wildman–Crippen LogP) is -0.00350. The number of carbonyl (C=O) groups excluding carboxylic acids is 2. The van der Waals surface area contributed by atoms with E-state index in [1.54, 1.807) is 0 Å². The highest BCUT2D eigenvalue weighted by molar-refractivity contribution is 5.89. The van der Waals surface area contributed by atoms with Crippen LogP contribution >= 0.6 is 0 Å². The average molecular weight is 239 g/mol. The Kier molecular flexibility index (Phi) is 3.66. The zero-order chi connectivity index (χ0) is 12.3. The Morgan fingerprint density at radius 2 is 1.82 bits per heavy atom. The molecule has 0 aromatic heterocycles. The summed E-state index contributed by atoms with van der Waals surface area (Å²) in [6, 6.07) is 0. The molecule has 5 heteroatoms. The van der Waals surface area contributed by atoms with Crippen molar-refractivity contribution in [3.8, 4) is 0 Å². The van der Waals surface area contributed by atoms with E-state index in [4.69, 9.17) is 5.73 Å². The van der Waals surface area contributed by atoms with Crippen LogP contribution in [0.5, 0.6) is 0 Å². The van der Waals surface area contributed by atoms with Crippen molar-refractivity contribution in [1.29, 1.82) is 0 Å². The molecule has 1 aliphatic carbocycles. The van der Waals surface area contributed by atoms with Crippen LogP contribution in [0.2, 0.25) is 0 Å². The number of nitrogens with two attached hydrogens (primary N) is 1. The van der Waals surface area contributed by atoms with Crippen LogP contribution in [0.1, 0.15) is 38.5 Å². The van der Waals surface area contributed by atoms with Crippen molar-refractivity contribution in [2.75, 3.05) is 19.6 Å². The van der Waals surface area contributed by atoms with Gasteiger partial charge in [-0.1, -0.05) is 0 Å². The normalized spacial score (nSPS) is 22.1. The molecule has 0 aromatic rings. The van der Waals surface area contributed by atoms with Crippen LogP contribution in [0.25, 0.3) is 0 Å². The van der Waals surface area contributed by atoms with E-state index in [0.29, 0.717) is 13.0 Å². The van der Waals surface area contributed by atoms with Gasteiger partial charge in [0, 0.05) is 26.1 Å². The van der Waals surface area contributed by atoms with E-state index < -0.39 is 5.54 Å². The topological polar surface area (TPSA) is 75.4 Å². The summed E-state index contributed by atoms with van der Waals surface area (Å²) in [5, 5.41) is 2.74. The van der Waals surface area contributed by atoms with Crippen LogP contribution in [0, 0.1) is 0 Å². The molecule has 96 valence electrons. The van der Waals surface area contributed by atoms with Gasteiger partial charge < -0.3 is 16.0 Å². The van der Waals surface area contributed by atoms with Crippen LogP contribution in [-0.2, 0) is 9.59 Å². The minimum atomic E-state index is -0.631. The molecule has 2 rings (SSSR count). The maximum atomic E-state index is 11.8. The third kappa shape index (κ3) is 3.19. The predicted molar refractivity (Wildman–Crippen MR) is 64.2 cm³/mol. The van der Waals surface area contributed by atoms with Gasteiger partial charge in [0.1, 0.15) is 0 Å². The Bertz CT molecular complexity index is 307. The van der Waals surface area contributed by atoms with Gasteiger partial charge in [-0.05, 0) is 32.1 Å². The Morgan fingerprint density at radius 1 is 1.18 bits per heavy atom. The molecular formula is C12H21N3O2. The van der Waals surface area contributed by atoms with E-state index in [9.17, 15) is 9.59 Å². The van der Waals surface area contributed by atoms with Gasteiger partial charge in [-0.15, -0.1) is 0 Å². The second-order valence-electron chi connectivity index (χ2n) is 5.10. The maximum Gasteiger partial charge on any atom is 0.240 e. The molecule has 0 aromatic carbocycles. The van der Waals surface area contributed by atoms with Crippen molar-refractivity contribution in [2.45, 2.75) is 44.1 Å². The van der Waals surface area contributed by atoms with Crippen molar-refractivity contribution < 1.29 is 9.59 Å². The van der Waals surface area contributed by atoms with Gasteiger partial charge in [0.15, 0.2) is 0 Å². The monoisotopic (exact) mass is 239 g/mol. The summed E-state index contributed by atoms with van der Waals surface area (Å²) < 4.78 is 0. The van der Waals surface area contributed by atoms with Crippen LogP contribution in [0.3, 0.4) is 0 Å². The molecule has 17 heavy (non-hydrogen) atoms. The third-order valence-corrected chi connectivity index (χ3v) is 3.57. The van der Waals surface area contributed by atoms with Gasteiger partial charge in [-0.3, -0.25) is 9.59 Å². The van der Waals surface area contributed by atoms with E-state index in [-0.39, 0.29) is 11.8 Å². The summed E-state index contributed by atoms with van der Waals surface area (Å²) >= 11 is 0. The molecule has 1 aliphatic heterocycles. The number of hydrogen-bond acceptors (Lipinski definition) is 3. The molecular weight excluding hydrogens is 218 g/mol. The number of nitrogens with one attached hydrogen (secondary N) is 1. The molecule has 0 unspecified atom stereocenters. The molecule has 2 amide bonds. The maximum absolute atomic E-state index is 11.8. The van der Waals surface area contributed by atoms with Crippen LogP contribution in [0.4, 0.5) is 0 Å². The van der Waals surface area contributed by atoms with Gasteiger partial charge in [0.2, 0.25) is 11.8 Å². The zero-order valence-corrected chi connectivity index (χ0v) is 10.2. The first-order valence-electron chi connectivity index (χ1n) is 6.47. The molecule has 0 spiro atoms. The summed E-state index contributed by atoms with van der Waals surface area (Å²) in [6.07, 6.45) is 5.34. The van der Waals surface area contributed by atoms with Gasteiger partial charge in [-0.2, -0.15) is 0 Å². The molecule has 5 nitrogen and oxygen atoms in total. The standard InChI is InChI=1S/C12H21N3O2/c13-12(5-6-12)11(17)14-7-4-10(16)15-8-2-1-3-9-15/h1-9,13H2,(H,14,17). The summed E-state index contributed by atoms with van der Waals surface area (Å²) in [5.41, 5.74) is 5.11. The third-order valence-electron chi connectivity index (χ3n) is 3.57. The van der Waals surface area contributed by atoms with Gasteiger partial charge in [0.25, 0.3) is 0 Å². The molecule has 1 saturated heterocycles. The summed E-state index contributed by atoms with van der Waals surface area (Å²) in [4.78, 5) is 25.2. The molecule has 0 atom stereocenters. The number of likely N-dealkylation sites (tertiary alicyclic amines) is 1. The first-order valence-corrected chi connectivity index (χ1v) is 6.47. The van der Waals surface area contributed by atoms with E-state index in [1.165, 1.54) is 6.42 Å². The SMILES string of the molecule is NC1(C(=O)NCCC(=O)N2CCCCC2)CC1. The molecule has 3 N–H and O–H groups in total. The number of amides is 2. The number of hydrogen-bond donors (Lipinski definition) is 2. The zero-order valence-electron chi connectivity index (χ0n) is 10.2. The largest absolute Gasteiger partial charge is 0.354 e. The molecule has 2 fully saturated rings. The number of rotatable bonds is 4. The quantitative estimate of drug-likeness (QED) is 0.725. The highest BCUT2D eigenvalue weighted by Gasteiger charge is 2.45. The Morgan fingerprint density at radius 3 is 2.41 bits per heavy atom. The lowest BCUT2D eigenvalue weighted by atomic mass is 10.1. The van der Waals surface area contributed by atoms with E-state index in [1.807, 2.05) is 4.90 Å².